The quantitative estimate of drug-likeness (QED) is 0.385. The van der Waals surface area contributed by atoms with Crippen LogP contribution in [0, 0.1) is 6.92 Å². The van der Waals surface area contributed by atoms with Crippen LogP contribution in [0.1, 0.15) is 16.8 Å². The minimum Gasteiger partial charge on any atom is -0.505 e. The Kier molecular flexibility index (Phi) is 6.73. The summed E-state index contributed by atoms with van der Waals surface area (Å²) in [4.78, 5) is 30.4. The number of aliphatic hydroxyl groups excluding tert-OH is 1. The third-order valence-corrected chi connectivity index (χ3v) is 4.54. The van der Waals surface area contributed by atoms with E-state index in [0.717, 1.165) is 4.90 Å². The maximum atomic E-state index is 12.9. The number of anilines is 1. The van der Waals surface area contributed by atoms with Crippen LogP contribution in [0.2, 0.25) is 5.02 Å². The minimum absolute atomic E-state index is 0. The van der Waals surface area contributed by atoms with Crippen LogP contribution in [0.15, 0.2) is 36.0 Å². The number of aliphatic hydroxyl groups is 1. The first-order chi connectivity index (χ1) is 12.8. The molecular weight excluding hydrogens is 425 g/mol. The van der Waals surface area contributed by atoms with Gasteiger partial charge >= 0.3 is 0 Å². The summed E-state index contributed by atoms with van der Waals surface area (Å²) in [5, 5.41) is 22.6. The molecule has 1 aliphatic heterocycles. The summed E-state index contributed by atoms with van der Waals surface area (Å²) in [5.41, 5.74) is 0.907. The van der Waals surface area contributed by atoms with Crippen LogP contribution in [0.4, 0.5) is 5.69 Å². The van der Waals surface area contributed by atoms with Gasteiger partial charge in [0, 0.05) is 22.3 Å². The van der Waals surface area contributed by atoms with Crippen LogP contribution in [-0.4, -0.2) is 32.1 Å². The molecule has 0 radical (unpaired) electrons. The zero-order valence-corrected chi connectivity index (χ0v) is 16.9. The highest BCUT2D eigenvalue weighted by atomic mass is 35.5. The molecule has 1 aromatic carbocycles. The molecule has 0 spiro atoms. The van der Waals surface area contributed by atoms with Crippen molar-refractivity contribution in [2.75, 3.05) is 4.90 Å². The van der Waals surface area contributed by atoms with E-state index in [2.05, 4.69) is 10.3 Å². The number of thiocarbonyl (C=S) groups is 1. The zero-order valence-electron chi connectivity index (χ0n) is 14.5. The van der Waals surface area contributed by atoms with Crippen molar-refractivity contribution in [3.8, 4) is 5.75 Å². The third-order valence-electron chi connectivity index (χ3n) is 4.00. The second-order valence-electron chi connectivity index (χ2n) is 5.72. The summed E-state index contributed by atoms with van der Waals surface area (Å²) in [7, 11) is 0. The number of rotatable bonds is 3. The number of nitrogens with zero attached hydrogens (tertiary/aromatic N) is 2. The molecule has 1 aliphatic rings. The average Bonchev–Trinajstić information content (AvgIpc) is 2.63. The van der Waals surface area contributed by atoms with E-state index in [1.165, 1.54) is 12.3 Å². The van der Waals surface area contributed by atoms with E-state index in [4.69, 9.17) is 23.8 Å². The lowest BCUT2D eigenvalue weighted by Crippen LogP contribution is -2.54. The lowest BCUT2D eigenvalue weighted by molar-refractivity contribution is -0.122. The van der Waals surface area contributed by atoms with Crippen LogP contribution in [0.5, 0.6) is 5.75 Å². The van der Waals surface area contributed by atoms with E-state index >= 15 is 0 Å². The molecule has 1 saturated heterocycles. The molecule has 3 N–H and O–H groups in total. The smallest absolute Gasteiger partial charge is 0.270 e. The molecule has 10 heteroatoms. The standard InChI is InChI=1S/C18H14ClN3O4S.ClH/c1-9-15(24)13(10(8-23)7-20-9)6-14-16(25)21-18(27)22(17(14)26)12-4-2-11(19)3-5-12;/h2-7,23-24H,8H2,1H3,(H,21,25,27);1H/b14-6-;. The SMILES string of the molecule is Cc1ncc(CO)c(/C=C2/C(=O)NC(=S)N(c3ccc(Cl)cc3)C2=O)c1O.Cl. The van der Waals surface area contributed by atoms with E-state index in [-0.39, 0.29) is 40.0 Å². The van der Waals surface area contributed by atoms with E-state index in [0.29, 0.717) is 16.4 Å². The van der Waals surface area contributed by atoms with Gasteiger partial charge in [0.25, 0.3) is 11.8 Å². The van der Waals surface area contributed by atoms with E-state index in [1.54, 1.807) is 31.2 Å². The van der Waals surface area contributed by atoms with Gasteiger partial charge in [-0.1, -0.05) is 11.6 Å². The van der Waals surface area contributed by atoms with E-state index in [9.17, 15) is 19.8 Å². The van der Waals surface area contributed by atoms with Crippen molar-refractivity contribution in [3.63, 3.8) is 0 Å². The molecule has 2 amide bonds. The number of hydrogen-bond donors (Lipinski definition) is 3. The van der Waals surface area contributed by atoms with Gasteiger partial charge in [-0.2, -0.15) is 0 Å². The summed E-state index contributed by atoms with van der Waals surface area (Å²) >= 11 is 11.0. The highest BCUT2D eigenvalue weighted by Gasteiger charge is 2.34. The summed E-state index contributed by atoms with van der Waals surface area (Å²) in [5.74, 6) is -1.59. The van der Waals surface area contributed by atoms with Crippen molar-refractivity contribution in [1.29, 1.82) is 0 Å². The van der Waals surface area contributed by atoms with Crippen LogP contribution in [0.25, 0.3) is 6.08 Å². The zero-order chi connectivity index (χ0) is 19.7. The predicted molar refractivity (Wildman–Crippen MR) is 111 cm³/mol. The average molecular weight is 440 g/mol. The van der Waals surface area contributed by atoms with Gasteiger partial charge in [-0.15, -0.1) is 12.4 Å². The fraction of sp³-hybridized carbons (Fsp3) is 0.111. The molecule has 0 aliphatic carbocycles. The molecule has 1 fully saturated rings. The van der Waals surface area contributed by atoms with Crippen molar-refractivity contribution in [2.24, 2.45) is 0 Å². The predicted octanol–water partition coefficient (Wildman–Crippen LogP) is 2.49. The van der Waals surface area contributed by atoms with Gasteiger partial charge < -0.3 is 10.2 Å². The fourth-order valence-corrected chi connectivity index (χ4v) is 2.97. The topological polar surface area (TPSA) is 103 Å². The number of pyridine rings is 1. The number of hydrogen-bond acceptors (Lipinski definition) is 6. The minimum atomic E-state index is -0.701. The lowest BCUT2D eigenvalue weighted by Gasteiger charge is -2.29. The van der Waals surface area contributed by atoms with E-state index < -0.39 is 18.4 Å². The van der Waals surface area contributed by atoms with Crippen molar-refractivity contribution in [3.05, 3.63) is 57.9 Å². The van der Waals surface area contributed by atoms with Gasteiger partial charge in [-0.25, -0.2) is 0 Å². The van der Waals surface area contributed by atoms with E-state index in [1.807, 2.05) is 0 Å². The van der Waals surface area contributed by atoms with Crippen LogP contribution < -0.4 is 10.2 Å². The summed E-state index contributed by atoms with van der Waals surface area (Å²) in [6, 6.07) is 6.37. The Balaban J connectivity index is 0.00000280. The second kappa shape index (κ2) is 8.66. The molecule has 0 unspecified atom stereocenters. The first-order valence-electron chi connectivity index (χ1n) is 7.78. The van der Waals surface area contributed by atoms with Gasteiger partial charge in [0.15, 0.2) is 5.11 Å². The lowest BCUT2D eigenvalue weighted by atomic mass is 10.0. The summed E-state index contributed by atoms with van der Waals surface area (Å²) < 4.78 is 0. The molecule has 2 heterocycles. The molecule has 146 valence electrons. The first-order valence-corrected chi connectivity index (χ1v) is 8.57. The maximum absolute atomic E-state index is 12.9. The number of aromatic hydroxyl groups is 1. The second-order valence-corrected chi connectivity index (χ2v) is 6.55. The Bertz CT molecular complexity index is 993. The molecular formula is C18H15Cl2N3O4S. The number of halogens is 2. The van der Waals surface area contributed by atoms with Crippen molar-refractivity contribution >= 4 is 64.9 Å². The van der Waals surface area contributed by atoms with Crippen LogP contribution >= 0.6 is 36.2 Å². The highest BCUT2D eigenvalue weighted by Crippen LogP contribution is 2.29. The van der Waals surface area contributed by atoms with Crippen molar-refractivity contribution in [2.45, 2.75) is 13.5 Å². The van der Waals surface area contributed by atoms with Crippen molar-refractivity contribution in [1.82, 2.24) is 10.3 Å². The Morgan fingerprint density at radius 2 is 1.93 bits per heavy atom. The Hall–Kier alpha value is -2.52. The Labute approximate surface area is 177 Å². The fourth-order valence-electron chi connectivity index (χ4n) is 2.57. The van der Waals surface area contributed by atoms with Crippen molar-refractivity contribution < 1.29 is 19.8 Å². The molecule has 0 bridgehead atoms. The van der Waals surface area contributed by atoms with Gasteiger partial charge in [0.05, 0.1) is 18.0 Å². The van der Waals surface area contributed by atoms with Crippen LogP contribution in [0.3, 0.4) is 0 Å². The molecule has 0 atom stereocenters. The normalized spacial score (nSPS) is 15.5. The molecule has 1 aromatic heterocycles. The Morgan fingerprint density at radius 1 is 1.29 bits per heavy atom. The Morgan fingerprint density at radius 3 is 2.54 bits per heavy atom. The molecule has 28 heavy (non-hydrogen) atoms. The number of aryl methyl sites for hydroxylation is 1. The largest absolute Gasteiger partial charge is 0.505 e. The summed E-state index contributed by atoms with van der Waals surface area (Å²) in [6.07, 6.45) is 2.59. The number of carbonyl (C=O) groups excluding carboxylic acids is 2. The van der Waals surface area contributed by atoms with Gasteiger partial charge in [0.2, 0.25) is 0 Å². The van der Waals surface area contributed by atoms with Gasteiger partial charge in [0.1, 0.15) is 11.3 Å². The number of amides is 2. The number of aromatic nitrogens is 1. The number of carbonyl (C=O) groups is 2. The molecule has 3 rings (SSSR count). The van der Waals surface area contributed by atoms with Crippen LogP contribution in [-0.2, 0) is 16.2 Å². The number of nitrogens with one attached hydrogen (secondary N) is 1. The molecule has 0 saturated carbocycles. The van der Waals surface area contributed by atoms with Gasteiger partial charge in [-0.3, -0.25) is 24.8 Å². The molecule has 7 nitrogen and oxygen atoms in total. The number of benzene rings is 1. The monoisotopic (exact) mass is 439 g/mol. The van der Waals surface area contributed by atoms with Gasteiger partial charge in [-0.05, 0) is 49.5 Å². The maximum Gasteiger partial charge on any atom is 0.270 e. The highest BCUT2D eigenvalue weighted by molar-refractivity contribution is 7.80. The molecule has 2 aromatic rings. The summed E-state index contributed by atoms with van der Waals surface area (Å²) in [6.45, 7) is 1.14. The first kappa shape index (κ1) is 21.8. The third kappa shape index (κ3) is 4.00.